The number of piperazine rings is 1. The van der Waals surface area contributed by atoms with E-state index in [1.165, 1.54) is 25.7 Å². The highest BCUT2D eigenvalue weighted by Crippen LogP contribution is 2.24. The number of para-hydroxylation sites is 1. The third-order valence-corrected chi connectivity index (χ3v) is 5.43. The van der Waals surface area contributed by atoms with Crippen LogP contribution in [0.5, 0.6) is 0 Å². The smallest absolute Gasteiger partial charge is 0.241 e. The van der Waals surface area contributed by atoms with Crippen LogP contribution in [0.25, 0.3) is 0 Å². The Morgan fingerprint density at radius 1 is 1.08 bits per heavy atom. The quantitative estimate of drug-likeness (QED) is 0.831. The largest absolute Gasteiger partial charge is 0.309 e. The molecule has 0 N–H and O–H groups in total. The molecule has 0 bridgehead atoms. The zero-order chi connectivity index (χ0) is 16.9. The van der Waals surface area contributed by atoms with E-state index >= 15 is 0 Å². The molecule has 4 nitrogen and oxygen atoms in total. The topological polar surface area (TPSA) is 26.8 Å². The molecule has 1 amide bonds. The van der Waals surface area contributed by atoms with Crippen molar-refractivity contribution in [1.29, 1.82) is 0 Å². The molecule has 24 heavy (non-hydrogen) atoms. The van der Waals surface area contributed by atoms with E-state index in [1.807, 2.05) is 35.2 Å². The van der Waals surface area contributed by atoms with Gasteiger partial charge < -0.3 is 4.90 Å². The summed E-state index contributed by atoms with van der Waals surface area (Å²) in [6, 6.07) is 11.0. The molecule has 0 aromatic heterocycles. The lowest BCUT2D eigenvalue weighted by Gasteiger charge is -2.38. The van der Waals surface area contributed by atoms with Crippen molar-refractivity contribution >= 4 is 11.6 Å². The maximum atomic E-state index is 12.9. The zero-order valence-electron chi connectivity index (χ0n) is 15.2. The molecule has 0 unspecified atom stereocenters. The number of hydrogen-bond acceptors (Lipinski definition) is 3. The molecule has 0 radical (unpaired) electrons. The van der Waals surface area contributed by atoms with Crippen LogP contribution in [0.15, 0.2) is 30.3 Å². The Morgan fingerprint density at radius 2 is 1.71 bits per heavy atom. The summed E-state index contributed by atoms with van der Waals surface area (Å²) in [6.07, 6.45) is 5.52. The summed E-state index contributed by atoms with van der Waals surface area (Å²) < 4.78 is 0. The fourth-order valence-corrected chi connectivity index (χ4v) is 4.14. The highest BCUT2D eigenvalue weighted by molar-refractivity contribution is 5.95. The molecular formula is C20H31N3O. The zero-order valence-corrected chi connectivity index (χ0v) is 15.2. The van der Waals surface area contributed by atoms with Crippen molar-refractivity contribution in [2.45, 2.75) is 51.6 Å². The highest BCUT2D eigenvalue weighted by Gasteiger charge is 2.28. The van der Waals surface area contributed by atoms with Gasteiger partial charge in [-0.3, -0.25) is 14.6 Å². The molecule has 1 aromatic carbocycles. The SMILES string of the molecule is CC(C)N(C(=O)CN1CCN(C2CCCC2)CC1)c1ccccc1. The van der Waals surface area contributed by atoms with Gasteiger partial charge in [0.05, 0.1) is 6.54 Å². The lowest BCUT2D eigenvalue weighted by molar-refractivity contribution is -0.120. The summed E-state index contributed by atoms with van der Waals surface area (Å²) in [5, 5.41) is 0. The fraction of sp³-hybridized carbons (Fsp3) is 0.650. The number of carbonyl (C=O) groups excluding carboxylic acids is 1. The summed E-state index contributed by atoms with van der Waals surface area (Å²) in [7, 11) is 0. The van der Waals surface area contributed by atoms with Gasteiger partial charge in [0, 0.05) is 44.0 Å². The Bertz CT molecular complexity index is 517. The summed E-state index contributed by atoms with van der Waals surface area (Å²) in [5.41, 5.74) is 1.00. The summed E-state index contributed by atoms with van der Waals surface area (Å²) in [6.45, 7) is 8.97. The van der Waals surface area contributed by atoms with Crippen molar-refractivity contribution in [3.63, 3.8) is 0 Å². The summed E-state index contributed by atoms with van der Waals surface area (Å²) in [4.78, 5) is 19.8. The van der Waals surface area contributed by atoms with Crippen molar-refractivity contribution < 1.29 is 4.79 Å². The second-order valence-electron chi connectivity index (χ2n) is 7.44. The number of benzene rings is 1. The van der Waals surface area contributed by atoms with E-state index in [4.69, 9.17) is 0 Å². The predicted octanol–water partition coefficient (Wildman–Crippen LogP) is 2.99. The first-order valence-electron chi connectivity index (χ1n) is 9.48. The fourth-order valence-electron chi connectivity index (χ4n) is 4.14. The molecule has 0 spiro atoms. The molecule has 2 fully saturated rings. The van der Waals surface area contributed by atoms with Crippen molar-refractivity contribution in [3.05, 3.63) is 30.3 Å². The van der Waals surface area contributed by atoms with Gasteiger partial charge in [-0.2, -0.15) is 0 Å². The van der Waals surface area contributed by atoms with E-state index in [1.54, 1.807) is 0 Å². The lowest BCUT2D eigenvalue weighted by Crippen LogP contribution is -2.53. The van der Waals surface area contributed by atoms with Crippen molar-refractivity contribution in [3.8, 4) is 0 Å². The van der Waals surface area contributed by atoms with Crippen molar-refractivity contribution in [2.24, 2.45) is 0 Å². The van der Waals surface area contributed by atoms with Gasteiger partial charge in [-0.05, 0) is 38.8 Å². The minimum absolute atomic E-state index is 0.180. The molecule has 1 saturated carbocycles. The average molecular weight is 329 g/mol. The van der Waals surface area contributed by atoms with Crippen LogP contribution in [0, 0.1) is 0 Å². The van der Waals surface area contributed by atoms with E-state index < -0.39 is 0 Å². The third kappa shape index (κ3) is 4.17. The molecule has 1 saturated heterocycles. The van der Waals surface area contributed by atoms with Crippen LogP contribution in [0.3, 0.4) is 0 Å². The van der Waals surface area contributed by atoms with Crippen molar-refractivity contribution in [2.75, 3.05) is 37.6 Å². The second kappa shape index (κ2) is 8.13. The van der Waals surface area contributed by atoms with Crippen LogP contribution in [0.4, 0.5) is 5.69 Å². The van der Waals surface area contributed by atoms with E-state index in [2.05, 4.69) is 23.6 Å². The minimum Gasteiger partial charge on any atom is -0.309 e. The Hall–Kier alpha value is -1.39. The van der Waals surface area contributed by atoms with Crippen LogP contribution in [-0.2, 0) is 4.79 Å². The van der Waals surface area contributed by atoms with E-state index in [0.29, 0.717) is 6.54 Å². The number of nitrogens with zero attached hydrogens (tertiary/aromatic N) is 3. The molecule has 1 aromatic rings. The molecule has 1 aliphatic heterocycles. The maximum absolute atomic E-state index is 12.9. The van der Waals surface area contributed by atoms with Gasteiger partial charge in [0.1, 0.15) is 0 Å². The van der Waals surface area contributed by atoms with Gasteiger partial charge in [-0.1, -0.05) is 31.0 Å². The highest BCUT2D eigenvalue weighted by atomic mass is 16.2. The monoisotopic (exact) mass is 329 g/mol. The van der Waals surface area contributed by atoms with Crippen LogP contribution in [0.1, 0.15) is 39.5 Å². The van der Waals surface area contributed by atoms with Crippen LogP contribution in [0.2, 0.25) is 0 Å². The molecule has 0 atom stereocenters. The van der Waals surface area contributed by atoms with E-state index in [0.717, 1.165) is 37.9 Å². The van der Waals surface area contributed by atoms with Gasteiger partial charge in [0.15, 0.2) is 0 Å². The van der Waals surface area contributed by atoms with Crippen molar-refractivity contribution in [1.82, 2.24) is 9.80 Å². The number of hydrogen-bond donors (Lipinski definition) is 0. The van der Waals surface area contributed by atoms with Gasteiger partial charge >= 0.3 is 0 Å². The maximum Gasteiger partial charge on any atom is 0.241 e. The Morgan fingerprint density at radius 3 is 2.29 bits per heavy atom. The first-order valence-corrected chi connectivity index (χ1v) is 9.48. The van der Waals surface area contributed by atoms with Gasteiger partial charge in [-0.25, -0.2) is 0 Å². The molecule has 3 rings (SSSR count). The minimum atomic E-state index is 0.180. The molecule has 1 heterocycles. The van der Waals surface area contributed by atoms with Gasteiger partial charge in [0.25, 0.3) is 0 Å². The Balaban J connectivity index is 1.54. The first-order chi connectivity index (χ1) is 11.6. The van der Waals surface area contributed by atoms with Crippen LogP contribution in [-0.4, -0.2) is 60.5 Å². The average Bonchev–Trinajstić information content (AvgIpc) is 3.11. The lowest BCUT2D eigenvalue weighted by atomic mass is 10.1. The van der Waals surface area contributed by atoms with Crippen LogP contribution < -0.4 is 4.90 Å². The second-order valence-corrected chi connectivity index (χ2v) is 7.44. The molecular weight excluding hydrogens is 298 g/mol. The Kier molecular flexibility index (Phi) is 5.90. The first kappa shape index (κ1) is 17.4. The third-order valence-electron chi connectivity index (χ3n) is 5.43. The van der Waals surface area contributed by atoms with Gasteiger partial charge in [0.2, 0.25) is 5.91 Å². The van der Waals surface area contributed by atoms with Crippen LogP contribution >= 0.6 is 0 Å². The summed E-state index contributed by atoms with van der Waals surface area (Å²) in [5.74, 6) is 0.213. The molecule has 2 aliphatic rings. The Labute approximate surface area is 146 Å². The molecule has 4 heteroatoms. The molecule has 132 valence electrons. The number of carbonyl (C=O) groups is 1. The van der Waals surface area contributed by atoms with E-state index in [-0.39, 0.29) is 11.9 Å². The standard InChI is InChI=1S/C20H31N3O/c1-17(2)23(19-10-4-3-5-11-19)20(24)16-21-12-14-22(15-13-21)18-8-6-7-9-18/h3-5,10-11,17-18H,6-9,12-16H2,1-2H3. The summed E-state index contributed by atoms with van der Waals surface area (Å²) >= 11 is 0. The number of anilines is 1. The van der Waals surface area contributed by atoms with E-state index in [9.17, 15) is 4.79 Å². The number of rotatable bonds is 5. The molecule has 1 aliphatic carbocycles. The normalized spacial score (nSPS) is 20.6. The number of amides is 1. The predicted molar refractivity (Wildman–Crippen MR) is 99.3 cm³/mol. The van der Waals surface area contributed by atoms with Gasteiger partial charge in [-0.15, -0.1) is 0 Å².